The van der Waals surface area contributed by atoms with Crippen molar-refractivity contribution in [2.75, 3.05) is 36.8 Å². The van der Waals surface area contributed by atoms with Gasteiger partial charge in [0, 0.05) is 28.9 Å². The van der Waals surface area contributed by atoms with Crippen LogP contribution in [0.4, 0.5) is 5.69 Å². The smallest absolute Gasteiger partial charge is 0.335 e. The number of carbonyl (C=O) groups is 2. The van der Waals surface area contributed by atoms with E-state index in [9.17, 15) is 14.7 Å². The van der Waals surface area contributed by atoms with E-state index < -0.39 is 5.97 Å². The van der Waals surface area contributed by atoms with Gasteiger partial charge in [-0.15, -0.1) is 0 Å². The summed E-state index contributed by atoms with van der Waals surface area (Å²) in [5.74, 6) is 2.45. The second-order valence-electron chi connectivity index (χ2n) is 4.88. The summed E-state index contributed by atoms with van der Waals surface area (Å²) >= 11 is 3.64. The predicted molar refractivity (Wildman–Crippen MR) is 93.3 cm³/mol. The molecule has 126 valence electrons. The Hall–Kier alpha value is -1.54. The van der Waals surface area contributed by atoms with Crippen molar-refractivity contribution in [2.45, 2.75) is 11.7 Å². The summed E-state index contributed by atoms with van der Waals surface area (Å²) in [6.07, 6.45) is 0.389. The van der Waals surface area contributed by atoms with Gasteiger partial charge in [0.25, 0.3) is 0 Å². The molecule has 1 amide bonds. The lowest BCUT2D eigenvalue weighted by Crippen LogP contribution is -2.23. The fourth-order valence-electron chi connectivity index (χ4n) is 2.24. The number of carbonyl (C=O) groups excluding carboxylic acids is 1. The van der Waals surface area contributed by atoms with E-state index in [1.54, 1.807) is 11.8 Å². The number of hydrogen-bond donors (Lipinski definition) is 2. The number of rotatable bonds is 6. The van der Waals surface area contributed by atoms with Crippen LogP contribution in [0, 0.1) is 0 Å². The number of carboxylic acid groups (broad SMARTS) is 1. The Bertz CT molecular complexity index is 587. The number of thioether (sulfide) groups is 2. The molecule has 8 heteroatoms. The van der Waals surface area contributed by atoms with Gasteiger partial charge in [0.2, 0.25) is 5.91 Å². The summed E-state index contributed by atoms with van der Waals surface area (Å²) in [6.45, 7) is 0. The first kappa shape index (κ1) is 17.8. The molecule has 0 saturated carbocycles. The number of carboxylic acids is 1. The average molecular weight is 357 g/mol. The molecule has 0 aliphatic carbocycles. The molecule has 1 unspecified atom stereocenters. The molecular formula is C15H19NO5S2. The van der Waals surface area contributed by atoms with Crippen LogP contribution in [0.1, 0.15) is 16.8 Å². The van der Waals surface area contributed by atoms with E-state index in [-0.39, 0.29) is 22.5 Å². The van der Waals surface area contributed by atoms with E-state index in [4.69, 9.17) is 9.47 Å². The summed E-state index contributed by atoms with van der Waals surface area (Å²) in [6, 6.07) is 2.74. The van der Waals surface area contributed by atoms with Gasteiger partial charge in [0.1, 0.15) is 0 Å². The second-order valence-corrected chi connectivity index (χ2v) is 7.44. The van der Waals surface area contributed by atoms with Gasteiger partial charge in [-0.3, -0.25) is 4.79 Å². The van der Waals surface area contributed by atoms with E-state index in [1.165, 1.54) is 26.4 Å². The number of anilines is 1. The van der Waals surface area contributed by atoms with Crippen LogP contribution in [0.15, 0.2) is 12.1 Å². The van der Waals surface area contributed by atoms with Gasteiger partial charge in [-0.2, -0.15) is 23.5 Å². The van der Waals surface area contributed by atoms with Gasteiger partial charge in [-0.25, -0.2) is 4.79 Å². The molecule has 6 nitrogen and oxygen atoms in total. The highest BCUT2D eigenvalue weighted by Gasteiger charge is 2.21. The highest BCUT2D eigenvalue weighted by Crippen LogP contribution is 2.37. The van der Waals surface area contributed by atoms with Crippen LogP contribution in [-0.2, 0) is 4.79 Å². The number of aromatic carboxylic acids is 1. The summed E-state index contributed by atoms with van der Waals surface area (Å²) in [5, 5.41) is 12.2. The largest absolute Gasteiger partial charge is 0.493 e. The van der Waals surface area contributed by atoms with Crippen molar-refractivity contribution < 1.29 is 24.2 Å². The van der Waals surface area contributed by atoms with Gasteiger partial charge in [-0.05, 0) is 12.1 Å². The van der Waals surface area contributed by atoms with Crippen LogP contribution in [-0.4, -0.2) is 53.7 Å². The molecule has 1 aromatic carbocycles. The van der Waals surface area contributed by atoms with E-state index >= 15 is 0 Å². The van der Waals surface area contributed by atoms with Gasteiger partial charge >= 0.3 is 5.97 Å². The van der Waals surface area contributed by atoms with Crippen LogP contribution >= 0.6 is 23.5 Å². The highest BCUT2D eigenvalue weighted by molar-refractivity contribution is 8.06. The van der Waals surface area contributed by atoms with E-state index in [2.05, 4.69) is 5.32 Å². The molecule has 1 aromatic rings. The predicted octanol–water partition coefficient (Wildman–Crippen LogP) is 2.58. The van der Waals surface area contributed by atoms with Crippen LogP contribution in [0.25, 0.3) is 0 Å². The lowest BCUT2D eigenvalue weighted by Gasteiger charge is -2.21. The van der Waals surface area contributed by atoms with E-state index in [1.807, 2.05) is 11.8 Å². The maximum atomic E-state index is 12.3. The van der Waals surface area contributed by atoms with Gasteiger partial charge < -0.3 is 19.9 Å². The third-order valence-corrected chi connectivity index (χ3v) is 6.14. The summed E-state index contributed by atoms with van der Waals surface area (Å²) in [7, 11) is 2.87. The number of ether oxygens (including phenoxy) is 2. The quantitative estimate of drug-likeness (QED) is 0.809. The van der Waals surface area contributed by atoms with Crippen molar-refractivity contribution in [1.29, 1.82) is 0 Å². The Balaban J connectivity index is 2.17. The second kappa shape index (κ2) is 8.35. The molecule has 0 radical (unpaired) electrons. The molecular weight excluding hydrogens is 338 g/mol. The minimum atomic E-state index is -1.10. The molecule has 1 heterocycles. The molecule has 2 rings (SSSR count). The molecule has 2 N–H and O–H groups in total. The zero-order valence-corrected chi connectivity index (χ0v) is 14.6. The minimum Gasteiger partial charge on any atom is -0.493 e. The van der Waals surface area contributed by atoms with Crippen molar-refractivity contribution in [3.05, 3.63) is 17.7 Å². The van der Waals surface area contributed by atoms with Crippen LogP contribution in [0.3, 0.4) is 0 Å². The SMILES string of the molecule is COc1cc(C(=O)O)cc(NC(=O)CC2CSCCS2)c1OC. The molecule has 1 saturated heterocycles. The molecule has 0 bridgehead atoms. The fourth-order valence-corrected chi connectivity index (χ4v) is 4.92. The molecule has 0 aromatic heterocycles. The van der Waals surface area contributed by atoms with Crippen LogP contribution < -0.4 is 14.8 Å². The van der Waals surface area contributed by atoms with Gasteiger partial charge in [0.05, 0.1) is 25.5 Å². The summed E-state index contributed by atoms with van der Waals surface area (Å²) in [5.41, 5.74) is 0.336. The number of methoxy groups -OCH3 is 2. The third-order valence-electron chi connectivity index (χ3n) is 3.30. The van der Waals surface area contributed by atoms with Crippen LogP contribution in [0.2, 0.25) is 0 Å². The van der Waals surface area contributed by atoms with Crippen molar-refractivity contribution in [1.82, 2.24) is 0 Å². The molecule has 1 aliphatic heterocycles. The highest BCUT2D eigenvalue weighted by atomic mass is 32.2. The first-order valence-corrected chi connectivity index (χ1v) is 9.24. The normalized spacial score (nSPS) is 17.4. The standard InChI is InChI=1S/C15H19NO5S2/c1-20-12-6-9(15(18)19)5-11(14(12)21-2)16-13(17)7-10-8-22-3-4-23-10/h5-6,10H,3-4,7-8H2,1-2H3,(H,16,17)(H,18,19). The Kier molecular flexibility index (Phi) is 6.47. The number of hydrogen-bond acceptors (Lipinski definition) is 6. The van der Waals surface area contributed by atoms with Crippen molar-refractivity contribution >= 4 is 41.1 Å². The summed E-state index contributed by atoms with van der Waals surface area (Å²) < 4.78 is 10.4. The molecule has 1 aliphatic rings. The van der Waals surface area contributed by atoms with Crippen LogP contribution in [0.5, 0.6) is 11.5 Å². The molecule has 1 atom stereocenters. The minimum absolute atomic E-state index is 0.0283. The molecule has 0 spiro atoms. The van der Waals surface area contributed by atoms with Gasteiger partial charge in [0.15, 0.2) is 11.5 Å². The van der Waals surface area contributed by atoms with E-state index in [0.717, 1.165) is 17.3 Å². The first-order valence-electron chi connectivity index (χ1n) is 7.03. The van der Waals surface area contributed by atoms with E-state index in [0.29, 0.717) is 17.9 Å². The lowest BCUT2D eigenvalue weighted by molar-refractivity contribution is -0.116. The molecule has 1 fully saturated rings. The lowest BCUT2D eigenvalue weighted by atomic mass is 10.1. The van der Waals surface area contributed by atoms with Crippen molar-refractivity contribution in [3.8, 4) is 11.5 Å². The topological polar surface area (TPSA) is 84.9 Å². The maximum Gasteiger partial charge on any atom is 0.335 e. The maximum absolute atomic E-state index is 12.3. The Morgan fingerprint density at radius 3 is 2.65 bits per heavy atom. The Labute approximate surface area is 143 Å². The third kappa shape index (κ3) is 4.71. The zero-order chi connectivity index (χ0) is 16.8. The zero-order valence-electron chi connectivity index (χ0n) is 13.0. The number of benzene rings is 1. The first-order chi connectivity index (χ1) is 11.0. The Morgan fingerprint density at radius 2 is 2.09 bits per heavy atom. The molecule has 23 heavy (non-hydrogen) atoms. The average Bonchev–Trinajstić information content (AvgIpc) is 2.54. The number of nitrogens with one attached hydrogen (secondary N) is 1. The summed E-state index contributed by atoms with van der Waals surface area (Å²) in [4.78, 5) is 23.5. The Morgan fingerprint density at radius 1 is 1.30 bits per heavy atom. The number of amides is 1. The monoisotopic (exact) mass is 357 g/mol. The van der Waals surface area contributed by atoms with Gasteiger partial charge in [-0.1, -0.05) is 0 Å². The van der Waals surface area contributed by atoms with Crippen molar-refractivity contribution in [2.24, 2.45) is 0 Å². The van der Waals surface area contributed by atoms with Crippen molar-refractivity contribution in [3.63, 3.8) is 0 Å². The fraction of sp³-hybridized carbons (Fsp3) is 0.467.